The lowest BCUT2D eigenvalue weighted by molar-refractivity contribution is 0.0497. The number of thiazole rings is 1. The fourth-order valence-corrected chi connectivity index (χ4v) is 3.82. The molecule has 1 aromatic rings. The Hall–Kier alpha value is -1.38. The summed E-state index contributed by atoms with van der Waals surface area (Å²) in [5.41, 5.74) is 1.15. The predicted molar refractivity (Wildman–Crippen MR) is 118 cm³/mol. The van der Waals surface area contributed by atoms with Gasteiger partial charge in [-0.2, -0.15) is 0 Å². The molecule has 2 rings (SSSR count). The molecule has 0 saturated carbocycles. The molecule has 2 heterocycles. The molecule has 0 aromatic carbocycles. The van der Waals surface area contributed by atoms with Gasteiger partial charge in [0.05, 0.1) is 32.1 Å². The van der Waals surface area contributed by atoms with E-state index in [-0.39, 0.29) is 0 Å². The average Bonchev–Trinajstić information content (AvgIpc) is 3.38. The molecule has 0 aliphatic carbocycles. The highest BCUT2D eigenvalue weighted by Crippen LogP contribution is 2.24. The molecule has 7 nitrogen and oxygen atoms in total. The molecule has 8 heteroatoms. The Morgan fingerprint density at radius 3 is 2.68 bits per heavy atom. The molecule has 2 N–H and O–H groups in total. The Bertz CT molecular complexity index is 546. The summed E-state index contributed by atoms with van der Waals surface area (Å²) in [6, 6.07) is 0. The van der Waals surface area contributed by atoms with Gasteiger partial charge in [0.15, 0.2) is 11.1 Å². The number of guanidine groups is 1. The third-order valence-corrected chi connectivity index (χ3v) is 5.40. The normalized spacial score (nSPS) is 14.6. The number of hydrogen-bond donors (Lipinski definition) is 2. The Morgan fingerprint density at radius 1 is 1.14 bits per heavy atom. The van der Waals surface area contributed by atoms with Crippen LogP contribution in [0, 0.1) is 0 Å². The Morgan fingerprint density at radius 2 is 1.93 bits per heavy atom. The van der Waals surface area contributed by atoms with Gasteiger partial charge in [-0.3, -0.25) is 4.99 Å². The zero-order valence-corrected chi connectivity index (χ0v) is 18.4. The topological polar surface area (TPSA) is 71.0 Å². The second-order valence-electron chi connectivity index (χ2n) is 6.83. The summed E-state index contributed by atoms with van der Waals surface area (Å²) in [5.74, 6) is 0.834. The maximum atomic E-state index is 5.57. The van der Waals surface area contributed by atoms with E-state index in [4.69, 9.17) is 14.5 Å². The van der Waals surface area contributed by atoms with Gasteiger partial charge < -0.3 is 25.0 Å². The smallest absolute Gasteiger partial charge is 0.191 e. The number of aliphatic imine (C=N–C) groups is 1. The van der Waals surface area contributed by atoms with Crippen molar-refractivity contribution in [3.05, 3.63) is 11.1 Å². The third-order valence-electron chi connectivity index (χ3n) is 4.45. The molecule has 0 spiro atoms. The molecule has 0 atom stereocenters. The van der Waals surface area contributed by atoms with Gasteiger partial charge in [-0.25, -0.2) is 4.98 Å². The van der Waals surface area contributed by atoms with E-state index < -0.39 is 0 Å². The quantitative estimate of drug-likeness (QED) is 0.279. The van der Waals surface area contributed by atoms with Crippen molar-refractivity contribution in [3.63, 3.8) is 0 Å². The van der Waals surface area contributed by atoms with Gasteiger partial charge in [0, 0.05) is 44.6 Å². The van der Waals surface area contributed by atoms with Crippen molar-refractivity contribution >= 4 is 22.4 Å². The first kappa shape index (κ1) is 22.9. The van der Waals surface area contributed by atoms with Gasteiger partial charge in [0.2, 0.25) is 0 Å². The minimum Gasteiger partial charge on any atom is -0.379 e. The maximum Gasteiger partial charge on any atom is 0.191 e. The molecule has 1 aliphatic heterocycles. The lowest BCUT2D eigenvalue weighted by Crippen LogP contribution is -2.38. The summed E-state index contributed by atoms with van der Waals surface area (Å²) >= 11 is 1.76. The Balaban J connectivity index is 1.59. The van der Waals surface area contributed by atoms with E-state index in [2.05, 4.69) is 39.8 Å². The molecule has 0 radical (unpaired) electrons. The summed E-state index contributed by atoms with van der Waals surface area (Å²) in [4.78, 5) is 11.7. The summed E-state index contributed by atoms with van der Waals surface area (Å²) in [6.07, 6.45) is 5.75. The minimum absolute atomic E-state index is 0.610. The first-order valence-corrected chi connectivity index (χ1v) is 11.6. The number of aromatic nitrogens is 1. The highest BCUT2D eigenvalue weighted by atomic mass is 32.1. The van der Waals surface area contributed by atoms with Gasteiger partial charge in [0.25, 0.3) is 0 Å². The van der Waals surface area contributed by atoms with E-state index >= 15 is 0 Å². The summed E-state index contributed by atoms with van der Waals surface area (Å²) < 4.78 is 11.0. The van der Waals surface area contributed by atoms with Crippen LogP contribution in [0.2, 0.25) is 0 Å². The lowest BCUT2D eigenvalue weighted by Gasteiger charge is -2.12. The first-order valence-electron chi connectivity index (χ1n) is 10.7. The van der Waals surface area contributed by atoms with Gasteiger partial charge in [0.1, 0.15) is 0 Å². The molecule has 0 bridgehead atoms. The van der Waals surface area contributed by atoms with Crippen LogP contribution in [0.3, 0.4) is 0 Å². The summed E-state index contributed by atoms with van der Waals surface area (Å²) in [7, 11) is 0. The van der Waals surface area contributed by atoms with Crippen LogP contribution in [0.4, 0.5) is 5.13 Å². The molecule has 1 saturated heterocycles. The number of unbranched alkanes of at least 4 members (excludes halogenated alkanes) is 1. The highest BCUT2D eigenvalue weighted by molar-refractivity contribution is 7.13. The van der Waals surface area contributed by atoms with Crippen LogP contribution < -0.4 is 15.5 Å². The molecule has 1 fully saturated rings. The highest BCUT2D eigenvalue weighted by Gasteiger charge is 2.15. The SMILES string of the molecule is CCCCOCCOCCN=C(NCC)NCCc1csc(N2CCCC2)n1. The molecule has 1 aliphatic rings. The van der Waals surface area contributed by atoms with E-state index in [1.165, 1.54) is 18.0 Å². The van der Waals surface area contributed by atoms with Gasteiger partial charge in [-0.05, 0) is 26.2 Å². The molecule has 1 aromatic heterocycles. The Kier molecular flexibility index (Phi) is 11.9. The molecule has 0 unspecified atom stereocenters. The van der Waals surface area contributed by atoms with E-state index in [1.807, 2.05) is 0 Å². The number of nitrogens with one attached hydrogen (secondary N) is 2. The van der Waals surface area contributed by atoms with Crippen LogP contribution in [0.25, 0.3) is 0 Å². The molecule has 160 valence electrons. The number of ether oxygens (including phenoxy) is 2. The number of hydrogen-bond acceptors (Lipinski definition) is 6. The number of anilines is 1. The average molecular weight is 412 g/mol. The van der Waals surface area contributed by atoms with E-state index in [0.29, 0.717) is 26.4 Å². The predicted octanol–water partition coefficient (Wildman–Crippen LogP) is 2.67. The molecule has 28 heavy (non-hydrogen) atoms. The number of rotatable bonds is 14. The monoisotopic (exact) mass is 411 g/mol. The Labute approximate surface area is 173 Å². The van der Waals surface area contributed by atoms with Crippen LogP contribution in [-0.2, 0) is 15.9 Å². The van der Waals surface area contributed by atoms with Crippen molar-refractivity contribution in [2.24, 2.45) is 4.99 Å². The standard InChI is InChI=1S/C20H37N5O2S/c1-3-5-13-26-15-16-27-14-10-23-19(21-4-2)22-9-8-18-17-28-20(24-18)25-11-6-7-12-25/h17H,3-16H2,1-2H3,(H2,21,22,23). The van der Waals surface area contributed by atoms with Crippen LogP contribution in [0.15, 0.2) is 10.4 Å². The van der Waals surface area contributed by atoms with Crippen LogP contribution in [-0.4, -0.2) is 70.1 Å². The summed E-state index contributed by atoms with van der Waals surface area (Å²) in [5, 5.41) is 10.0. The lowest BCUT2D eigenvalue weighted by atomic mass is 10.3. The molecule has 0 amide bonds. The van der Waals surface area contributed by atoms with Crippen LogP contribution >= 0.6 is 11.3 Å². The van der Waals surface area contributed by atoms with Crippen LogP contribution in [0.5, 0.6) is 0 Å². The van der Waals surface area contributed by atoms with Gasteiger partial charge in [-0.15, -0.1) is 11.3 Å². The minimum atomic E-state index is 0.610. The van der Waals surface area contributed by atoms with E-state index in [9.17, 15) is 0 Å². The first-order chi connectivity index (χ1) is 13.8. The van der Waals surface area contributed by atoms with E-state index in [0.717, 1.165) is 63.7 Å². The van der Waals surface area contributed by atoms with Crippen molar-refractivity contribution in [1.82, 2.24) is 15.6 Å². The molecular formula is C20H37N5O2S. The zero-order valence-electron chi connectivity index (χ0n) is 17.5. The molecular weight excluding hydrogens is 374 g/mol. The van der Waals surface area contributed by atoms with Crippen molar-refractivity contribution < 1.29 is 9.47 Å². The van der Waals surface area contributed by atoms with Crippen LogP contribution in [0.1, 0.15) is 45.2 Å². The fraction of sp³-hybridized carbons (Fsp3) is 0.800. The largest absolute Gasteiger partial charge is 0.379 e. The summed E-state index contributed by atoms with van der Waals surface area (Å²) in [6.45, 7) is 11.6. The maximum absolute atomic E-state index is 5.57. The van der Waals surface area contributed by atoms with Crippen molar-refractivity contribution in [3.8, 4) is 0 Å². The second kappa shape index (κ2) is 14.6. The third kappa shape index (κ3) is 9.21. The zero-order chi connectivity index (χ0) is 19.9. The van der Waals surface area contributed by atoms with E-state index in [1.54, 1.807) is 11.3 Å². The number of nitrogens with zero attached hydrogens (tertiary/aromatic N) is 3. The second-order valence-corrected chi connectivity index (χ2v) is 7.67. The van der Waals surface area contributed by atoms with Crippen molar-refractivity contribution in [1.29, 1.82) is 0 Å². The van der Waals surface area contributed by atoms with Crippen molar-refractivity contribution in [2.75, 3.05) is 64.1 Å². The van der Waals surface area contributed by atoms with Gasteiger partial charge >= 0.3 is 0 Å². The fourth-order valence-electron chi connectivity index (χ4n) is 2.91. The van der Waals surface area contributed by atoms with Crippen molar-refractivity contribution in [2.45, 2.75) is 46.0 Å². The van der Waals surface area contributed by atoms with Gasteiger partial charge in [-0.1, -0.05) is 13.3 Å².